The third-order valence-electron chi connectivity index (χ3n) is 2.86. The molecule has 0 saturated heterocycles. The minimum Gasteiger partial charge on any atom is -0.377 e. The summed E-state index contributed by atoms with van der Waals surface area (Å²) in [4.78, 5) is 2.49. The van der Waals surface area contributed by atoms with E-state index in [1.54, 1.807) is 0 Å². The fourth-order valence-corrected chi connectivity index (χ4v) is 1.82. The molecule has 1 aliphatic rings. The molecule has 1 aliphatic carbocycles. The van der Waals surface area contributed by atoms with Gasteiger partial charge in [-0.05, 0) is 24.8 Å². The Balaban J connectivity index is 2.47. The van der Waals surface area contributed by atoms with E-state index in [2.05, 4.69) is 49.3 Å². The highest BCUT2D eigenvalue weighted by Gasteiger charge is 2.01. The van der Waals surface area contributed by atoms with E-state index < -0.39 is 0 Å². The lowest BCUT2D eigenvalue weighted by Gasteiger charge is -2.21. The van der Waals surface area contributed by atoms with Crippen LogP contribution in [0.3, 0.4) is 0 Å². The number of hydrogen-bond donors (Lipinski definition) is 0. The van der Waals surface area contributed by atoms with Gasteiger partial charge in [0.2, 0.25) is 0 Å². The SMILES string of the molecule is CCCCN(C=C1C=CC=CC1)CCCC. The summed E-state index contributed by atoms with van der Waals surface area (Å²) in [5.41, 5.74) is 1.44. The van der Waals surface area contributed by atoms with Gasteiger partial charge in [0.15, 0.2) is 0 Å². The van der Waals surface area contributed by atoms with E-state index >= 15 is 0 Å². The van der Waals surface area contributed by atoms with Gasteiger partial charge in [-0.2, -0.15) is 0 Å². The van der Waals surface area contributed by atoms with Crippen LogP contribution < -0.4 is 0 Å². The van der Waals surface area contributed by atoms with Crippen LogP contribution in [0.5, 0.6) is 0 Å². The van der Waals surface area contributed by atoms with Crippen LogP contribution in [0.1, 0.15) is 46.0 Å². The molecule has 0 heterocycles. The average Bonchev–Trinajstić information content (AvgIpc) is 2.34. The molecule has 0 atom stereocenters. The molecule has 0 spiro atoms. The number of rotatable bonds is 7. The first-order valence-electron chi connectivity index (χ1n) is 6.64. The summed E-state index contributed by atoms with van der Waals surface area (Å²) < 4.78 is 0. The molecule has 0 amide bonds. The maximum Gasteiger partial charge on any atom is 0.0172 e. The summed E-state index contributed by atoms with van der Waals surface area (Å²) in [6.07, 6.45) is 17.3. The van der Waals surface area contributed by atoms with Crippen LogP contribution in [0.25, 0.3) is 0 Å². The van der Waals surface area contributed by atoms with Crippen LogP contribution in [0.4, 0.5) is 0 Å². The molecule has 1 nitrogen and oxygen atoms in total. The quantitative estimate of drug-likeness (QED) is 0.617. The molecule has 1 heteroatoms. The smallest absolute Gasteiger partial charge is 0.0172 e. The minimum absolute atomic E-state index is 1.09. The highest BCUT2D eigenvalue weighted by atomic mass is 15.1. The zero-order chi connectivity index (χ0) is 11.6. The summed E-state index contributed by atoms with van der Waals surface area (Å²) in [6, 6.07) is 0. The van der Waals surface area contributed by atoms with E-state index in [0.29, 0.717) is 0 Å². The van der Waals surface area contributed by atoms with E-state index in [1.807, 2.05) is 0 Å². The Bertz CT molecular complexity index is 253. The van der Waals surface area contributed by atoms with Crippen molar-refractivity contribution in [3.05, 3.63) is 36.1 Å². The highest BCUT2D eigenvalue weighted by Crippen LogP contribution is 2.12. The van der Waals surface area contributed by atoms with Crippen molar-refractivity contribution in [3.63, 3.8) is 0 Å². The predicted molar refractivity (Wildman–Crippen MR) is 72.4 cm³/mol. The molecule has 0 fully saturated rings. The largest absolute Gasteiger partial charge is 0.377 e. The van der Waals surface area contributed by atoms with E-state index in [1.165, 1.54) is 44.3 Å². The number of hydrogen-bond acceptors (Lipinski definition) is 1. The van der Waals surface area contributed by atoms with Crippen molar-refractivity contribution in [1.82, 2.24) is 4.90 Å². The Hall–Kier alpha value is -0.980. The van der Waals surface area contributed by atoms with Gasteiger partial charge in [-0.25, -0.2) is 0 Å². The Labute approximate surface area is 101 Å². The molecule has 0 unspecified atom stereocenters. The van der Waals surface area contributed by atoms with Gasteiger partial charge in [0.1, 0.15) is 0 Å². The fourth-order valence-electron chi connectivity index (χ4n) is 1.82. The van der Waals surface area contributed by atoms with Crippen LogP contribution in [0, 0.1) is 0 Å². The third-order valence-corrected chi connectivity index (χ3v) is 2.86. The topological polar surface area (TPSA) is 3.24 Å². The molecular formula is C15H25N. The summed E-state index contributed by atoms with van der Waals surface area (Å²) in [5, 5.41) is 0. The fraction of sp³-hybridized carbons (Fsp3) is 0.600. The molecule has 0 aromatic heterocycles. The number of nitrogens with zero attached hydrogens (tertiary/aromatic N) is 1. The van der Waals surface area contributed by atoms with Crippen molar-refractivity contribution in [3.8, 4) is 0 Å². The third kappa shape index (κ3) is 5.20. The highest BCUT2D eigenvalue weighted by molar-refractivity contribution is 5.29. The molecule has 0 radical (unpaired) electrons. The van der Waals surface area contributed by atoms with Crippen molar-refractivity contribution >= 4 is 0 Å². The summed E-state index contributed by atoms with van der Waals surface area (Å²) in [5.74, 6) is 0. The Morgan fingerprint density at radius 3 is 2.31 bits per heavy atom. The van der Waals surface area contributed by atoms with E-state index in [-0.39, 0.29) is 0 Å². The molecule has 16 heavy (non-hydrogen) atoms. The van der Waals surface area contributed by atoms with Gasteiger partial charge in [-0.1, -0.05) is 51.0 Å². The van der Waals surface area contributed by atoms with Crippen molar-refractivity contribution in [2.45, 2.75) is 46.0 Å². The van der Waals surface area contributed by atoms with Crippen LogP contribution in [-0.2, 0) is 0 Å². The van der Waals surface area contributed by atoms with E-state index in [9.17, 15) is 0 Å². The second-order valence-corrected chi connectivity index (χ2v) is 4.44. The standard InChI is InChI=1S/C15H25N/c1-3-5-12-16(13-6-4-2)14-15-10-8-7-9-11-15/h7-10,14H,3-6,11-13H2,1-2H3. The molecule has 0 N–H and O–H groups in total. The molecular weight excluding hydrogens is 194 g/mol. The first-order chi connectivity index (χ1) is 7.86. The van der Waals surface area contributed by atoms with Crippen molar-refractivity contribution < 1.29 is 0 Å². The van der Waals surface area contributed by atoms with Gasteiger partial charge in [0.05, 0.1) is 0 Å². The molecule has 0 saturated carbocycles. The monoisotopic (exact) mass is 219 g/mol. The lowest BCUT2D eigenvalue weighted by Crippen LogP contribution is -2.20. The maximum atomic E-state index is 2.49. The predicted octanol–water partition coefficient (Wildman–Crippen LogP) is 4.29. The Morgan fingerprint density at radius 1 is 1.12 bits per heavy atom. The van der Waals surface area contributed by atoms with Crippen LogP contribution in [0.2, 0.25) is 0 Å². The van der Waals surface area contributed by atoms with Crippen molar-refractivity contribution in [2.24, 2.45) is 0 Å². The Kier molecular flexibility index (Phi) is 6.71. The average molecular weight is 219 g/mol. The molecule has 0 aliphatic heterocycles. The molecule has 90 valence electrons. The molecule has 0 aromatic rings. The molecule has 1 rings (SSSR count). The zero-order valence-electron chi connectivity index (χ0n) is 10.8. The Morgan fingerprint density at radius 2 is 1.81 bits per heavy atom. The molecule has 0 bridgehead atoms. The second kappa shape index (κ2) is 8.20. The summed E-state index contributed by atoms with van der Waals surface area (Å²) in [7, 11) is 0. The van der Waals surface area contributed by atoms with E-state index in [4.69, 9.17) is 0 Å². The van der Waals surface area contributed by atoms with Crippen LogP contribution in [-0.4, -0.2) is 18.0 Å². The van der Waals surface area contributed by atoms with Crippen LogP contribution in [0.15, 0.2) is 36.1 Å². The first kappa shape index (κ1) is 13.1. The van der Waals surface area contributed by atoms with Crippen molar-refractivity contribution in [1.29, 1.82) is 0 Å². The second-order valence-electron chi connectivity index (χ2n) is 4.44. The lowest BCUT2D eigenvalue weighted by molar-refractivity contribution is 0.358. The molecule has 0 aromatic carbocycles. The van der Waals surface area contributed by atoms with Gasteiger partial charge in [-0.3, -0.25) is 0 Å². The van der Waals surface area contributed by atoms with E-state index in [0.717, 1.165) is 6.42 Å². The van der Waals surface area contributed by atoms with Crippen molar-refractivity contribution in [2.75, 3.05) is 13.1 Å². The summed E-state index contributed by atoms with van der Waals surface area (Å²) >= 11 is 0. The zero-order valence-corrected chi connectivity index (χ0v) is 10.8. The van der Waals surface area contributed by atoms with Gasteiger partial charge in [0, 0.05) is 19.3 Å². The van der Waals surface area contributed by atoms with Gasteiger partial charge >= 0.3 is 0 Å². The number of allylic oxidation sites excluding steroid dienone is 5. The lowest BCUT2D eigenvalue weighted by atomic mass is 10.1. The normalized spacial score (nSPS) is 17.0. The number of unbranched alkanes of at least 4 members (excludes halogenated alkanes) is 2. The van der Waals surface area contributed by atoms with Gasteiger partial charge in [0.25, 0.3) is 0 Å². The first-order valence-corrected chi connectivity index (χ1v) is 6.64. The minimum atomic E-state index is 1.09. The van der Waals surface area contributed by atoms with Crippen LogP contribution >= 0.6 is 0 Å². The summed E-state index contributed by atoms with van der Waals surface area (Å²) in [6.45, 7) is 6.93. The van der Waals surface area contributed by atoms with Gasteiger partial charge < -0.3 is 4.90 Å². The van der Waals surface area contributed by atoms with Gasteiger partial charge in [-0.15, -0.1) is 0 Å². The maximum absolute atomic E-state index is 2.49.